The van der Waals surface area contributed by atoms with Crippen molar-refractivity contribution in [1.29, 1.82) is 0 Å². The van der Waals surface area contributed by atoms with Crippen molar-refractivity contribution in [2.45, 2.75) is 59.3 Å². The summed E-state index contributed by atoms with van der Waals surface area (Å²) in [4.78, 5) is 12.6. The van der Waals surface area contributed by atoms with Gasteiger partial charge in [-0.05, 0) is 53.5 Å². The fourth-order valence-corrected chi connectivity index (χ4v) is 2.88. The summed E-state index contributed by atoms with van der Waals surface area (Å²) in [6.07, 6.45) is 1.07. The Morgan fingerprint density at radius 2 is 1.64 bits per heavy atom. The van der Waals surface area contributed by atoms with Crippen molar-refractivity contribution in [1.82, 2.24) is 0 Å². The van der Waals surface area contributed by atoms with Gasteiger partial charge in [-0.2, -0.15) is 0 Å². The van der Waals surface area contributed by atoms with Crippen LogP contribution in [0.15, 0.2) is 48.5 Å². The fraction of sp³-hybridized carbons (Fsp3) is 0.435. The summed E-state index contributed by atoms with van der Waals surface area (Å²) in [6, 6.07) is 16.6. The van der Waals surface area contributed by atoms with E-state index in [1.165, 1.54) is 11.1 Å². The molecule has 0 bridgehead atoms. The fourth-order valence-electron chi connectivity index (χ4n) is 2.88. The minimum Gasteiger partial charge on any atom is -0.326 e. The van der Waals surface area contributed by atoms with Crippen molar-refractivity contribution in [3.05, 3.63) is 65.2 Å². The Kier molecular flexibility index (Phi) is 6.05. The molecular weight excluding hydrogens is 306 g/mol. The summed E-state index contributed by atoms with van der Waals surface area (Å²) in [6.45, 7) is 12.9. The lowest BCUT2D eigenvalue weighted by Gasteiger charge is -2.20. The molecule has 0 saturated heterocycles. The lowest BCUT2D eigenvalue weighted by Crippen LogP contribution is -2.19. The van der Waals surface area contributed by atoms with Crippen LogP contribution in [0.1, 0.15) is 64.2 Å². The summed E-state index contributed by atoms with van der Waals surface area (Å²) < 4.78 is 0. The molecule has 0 aliphatic heterocycles. The van der Waals surface area contributed by atoms with Crippen molar-refractivity contribution in [3.63, 3.8) is 0 Å². The van der Waals surface area contributed by atoms with Crippen LogP contribution in [0.4, 0.5) is 5.69 Å². The lowest BCUT2D eigenvalue weighted by molar-refractivity contribution is -0.117. The van der Waals surface area contributed by atoms with Crippen molar-refractivity contribution in [3.8, 4) is 0 Å². The van der Waals surface area contributed by atoms with Gasteiger partial charge in [-0.25, -0.2) is 0 Å². The maximum absolute atomic E-state index is 12.6. The maximum atomic E-state index is 12.6. The van der Waals surface area contributed by atoms with Crippen LogP contribution in [0, 0.1) is 5.92 Å². The first-order chi connectivity index (χ1) is 11.7. The first-order valence-electron chi connectivity index (χ1n) is 9.17. The predicted molar refractivity (Wildman–Crippen MR) is 107 cm³/mol. The van der Waals surface area contributed by atoms with Crippen LogP contribution in [-0.4, -0.2) is 5.91 Å². The second-order valence-corrected chi connectivity index (χ2v) is 8.38. The van der Waals surface area contributed by atoms with Crippen LogP contribution in [0.5, 0.6) is 0 Å². The van der Waals surface area contributed by atoms with E-state index in [4.69, 9.17) is 0 Å². The Bertz CT molecular complexity index is 708. The SMILES string of the molecule is CC(C)Cc1ccc(C(C)C(=O)Nc2cccc(C(C)(C)C)c2)cc1. The van der Waals surface area contributed by atoms with Gasteiger partial charge in [0.05, 0.1) is 5.92 Å². The van der Waals surface area contributed by atoms with E-state index in [0.29, 0.717) is 5.92 Å². The highest BCUT2D eigenvalue weighted by Gasteiger charge is 2.17. The zero-order valence-electron chi connectivity index (χ0n) is 16.4. The second-order valence-electron chi connectivity index (χ2n) is 8.38. The average molecular weight is 338 g/mol. The number of amides is 1. The molecule has 0 aromatic heterocycles. The zero-order valence-corrected chi connectivity index (χ0v) is 16.4. The van der Waals surface area contributed by atoms with E-state index in [1.807, 2.05) is 19.1 Å². The molecule has 0 heterocycles. The van der Waals surface area contributed by atoms with Crippen molar-refractivity contribution in [2.24, 2.45) is 5.92 Å². The Labute approximate surface area is 152 Å². The summed E-state index contributed by atoms with van der Waals surface area (Å²) in [5.41, 5.74) is 4.52. The molecule has 2 heteroatoms. The van der Waals surface area contributed by atoms with Gasteiger partial charge >= 0.3 is 0 Å². The van der Waals surface area contributed by atoms with E-state index in [2.05, 4.69) is 76.3 Å². The number of hydrogen-bond acceptors (Lipinski definition) is 1. The number of carbonyl (C=O) groups excluding carboxylic acids is 1. The van der Waals surface area contributed by atoms with Gasteiger partial charge in [0, 0.05) is 5.69 Å². The highest BCUT2D eigenvalue weighted by atomic mass is 16.1. The Morgan fingerprint density at radius 1 is 1.00 bits per heavy atom. The van der Waals surface area contributed by atoms with Crippen molar-refractivity contribution in [2.75, 3.05) is 5.32 Å². The summed E-state index contributed by atoms with van der Waals surface area (Å²) >= 11 is 0. The maximum Gasteiger partial charge on any atom is 0.231 e. The van der Waals surface area contributed by atoms with Crippen LogP contribution in [0.25, 0.3) is 0 Å². The van der Waals surface area contributed by atoms with Gasteiger partial charge in [-0.3, -0.25) is 4.79 Å². The number of anilines is 1. The molecule has 0 aliphatic rings. The largest absolute Gasteiger partial charge is 0.326 e. The molecule has 25 heavy (non-hydrogen) atoms. The van der Waals surface area contributed by atoms with Gasteiger partial charge in [-0.1, -0.05) is 71.0 Å². The first-order valence-corrected chi connectivity index (χ1v) is 9.17. The molecular formula is C23H31NO. The molecule has 2 aromatic rings. The molecule has 0 saturated carbocycles. The molecule has 134 valence electrons. The average Bonchev–Trinajstić information content (AvgIpc) is 2.54. The number of benzene rings is 2. The topological polar surface area (TPSA) is 29.1 Å². The van der Waals surface area contributed by atoms with Gasteiger partial charge in [0.1, 0.15) is 0 Å². The Balaban J connectivity index is 2.07. The van der Waals surface area contributed by atoms with Gasteiger partial charge in [0.15, 0.2) is 0 Å². The van der Waals surface area contributed by atoms with Crippen LogP contribution in [0.3, 0.4) is 0 Å². The summed E-state index contributed by atoms with van der Waals surface area (Å²) in [5, 5.41) is 3.06. The molecule has 1 N–H and O–H groups in total. The quantitative estimate of drug-likeness (QED) is 0.720. The highest BCUT2D eigenvalue weighted by Crippen LogP contribution is 2.25. The zero-order chi connectivity index (χ0) is 18.6. The minimum absolute atomic E-state index is 0.0302. The number of nitrogens with one attached hydrogen (secondary N) is 1. The lowest BCUT2D eigenvalue weighted by atomic mass is 9.87. The third-order valence-electron chi connectivity index (χ3n) is 4.51. The molecule has 0 spiro atoms. The molecule has 2 nitrogen and oxygen atoms in total. The molecule has 2 aromatic carbocycles. The predicted octanol–water partition coefficient (Wildman–Crippen LogP) is 5.92. The molecule has 0 radical (unpaired) electrons. The van der Waals surface area contributed by atoms with Gasteiger partial charge in [-0.15, -0.1) is 0 Å². The van der Waals surface area contributed by atoms with Crippen molar-refractivity contribution < 1.29 is 4.79 Å². The molecule has 0 aliphatic carbocycles. The smallest absolute Gasteiger partial charge is 0.231 e. The van der Waals surface area contributed by atoms with E-state index < -0.39 is 0 Å². The van der Waals surface area contributed by atoms with E-state index in [9.17, 15) is 4.79 Å². The van der Waals surface area contributed by atoms with Crippen LogP contribution < -0.4 is 5.32 Å². The normalized spacial score (nSPS) is 12.9. The summed E-state index contributed by atoms with van der Waals surface area (Å²) in [5.74, 6) is 0.496. The number of hydrogen-bond donors (Lipinski definition) is 1. The van der Waals surface area contributed by atoms with E-state index in [0.717, 1.165) is 17.7 Å². The molecule has 1 unspecified atom stereocenters. The van der Waals surface area contributed by atoms with E-state index >= 15 is 0 Å². The molecule has 1 amide bonds. The third-order valence-corrected chi connectivity index (χ3v) is 4.51. The molecule has 0 fully saturated rings. The summed E-state index contributed by atoms with van der Waals surface area (Å²) in [7, 11) is 0. The van der Waals surface area contributed by atoms with E-state index in [-0.39, 0.29) is 17.2 Å². The Hall–Kier alpha value is -2.09. The second kappa shape index (κ2) is 7.86. The van der Waals surface area contributed by atoms with Crippen LogP contribution in [-0.2, 0) is 16.6 Å². The third kappa shape index (κ3) is 5.45. The van der Waals surface area contributed by atoms with Crippen molar-refractivity contribution >= 4 is 11.6 Å². The van der Waals surface area contributed by atoms with Crippen LogP contribution >= 0.6 is 0 Å². The van der Waals surface area contributed by atoms with Gasteiger partial charge in [0.2, 0.25) is 5.91 Å². The number of carbonyl (C=O) groups is 1. The highest BCUT2D eigenvalue weighted by molar-refractivity contribution is 5.95. The Morgan fingerprint density at radius 3 is 2.20 bits per heavy atom. The minimum atomic E-state index is -0.175. The first kappa shape index (κ1) is 19.2. The monoisotopic (exact) mass is 337 g/mol. The molecule has 1 atom stereocenters. The van der Waals surface area contributed by atoms with Gasteiger partial charge in [0.25, 0.3) is 0 Å². The standard InChI is InChI=1S/C23H31NO/c1-16(2)14-18-10-12-19(13-11-18)17(3)22(25)24-21-9-7-8-20(15-21)23(4,5)6/h7-13,15-17H,14H2,1-6H3,(H,24,25). The van der Waals surface area contributed by atoms with Gasteiger partial charge < -0.3 is 5.32 Å². The molecule has 2 rings (SSSR count). The van der Waals surface area contributed by atoms with Crippen LogP contribution in [0.2, 0.25) is 0 Å². The number of rotatable bonds is 5. The van der Waals surface area contributed by atoms with E-state index in [1.54, 1.807) is 0 Å².